The van der Waals surface area contributed by atoms with E-state index in [1.165, 1.54) is 0 Å². The third kappa shape index (κ3) is 4.71. The van der Waals surface area contributed by atoms with Crippen LogP contribution in [-0.4, -0.2) is 30.2 Å². The van der Waals surface area contributed by atoms with E-state index in [1.54, 1.807) is 11.5 Å². The van der Waals surface area contributed by atoms with Crippen LogP contribution in [0.5, 0.6) is 0 Å². The highest BCUT2D eigenvalue weighted by Crippen LogP contribution is 2.15. The van der Waals surface area contributed by atoms with Gasteiger partial charge in [0.15, 0.2) is 0 Å². The minimum absolute atomic E-state index is 0.181. The Kier molecular flexibility index (Phi) is 4.74. The minimum Gasteiger partial charge on any atom is -0.346 e. The average Bonchev–Trinajstić information content (AvgIpc) is 2.45. The van der Waals surface area contributed by atoms with Gasteiger partial charge in [-0.05, 0) is 11.6 Å². The van der Waals surface area contributed by atoms with E-state index in [9.17, 15) is 18.0 Å². The van der Waals surface area contributed by atoms with Crippen molar-refractivity contribution in [3.63, 3.8) is 0 Å². The zero-order valence-corrected chi connectivity index (χ0v) is 11.1. The molecule has 0 aliphatic heterocycles. The van der Waals surface area contributed by atoms with E-state index < -0.39 is 18.6 Å². The zero-order valence-electron chi connectivity index (χ0n) is 11.1. The summed E-state index contributed by atoms with van der Waals surface area (Å²) in [4.78, 5) is 15.5. The van der Waals surface area contributed by atoms with Crippen molar-refractivity contribution in [2.24, 2.45) is 0 Å². The molecule has 0 bridgehead atoms. The number of carbonyl (C=O) groups excluding carboxylic acids is 1. The second-order valence-corrected chi connectivity index (χ2v) is 4.49. The fraction of sp³-hybridized carbons (Fsp3) is 0.286. The lowest BCUT2D eigenvalue weighted by Gasteiger charge is -2.10. The predicted octanol–water partition coefficient (Wildman–Crippen LogP) is 2.00. The van der Waals surface area contributed by atoms with Crippen molar-refractivity contribution in [3.8, 4) is 0 Å². The molecule has 0 atom stereocenters. The summed E-state index contributed by atoms with van der Waals surface area (Å²) in [5.74, 6) is -0.694. The molecule has 2 N–H and O–H groups in total. The molecule has 0 saturated heterocycles. The molecule has 7 heteroatoms. The van der Waals surface area contributed by atoms with Crippen molar-refractivity contribution in [1.29, 1.82) is 0 Å². The molecule has 2 aromatic rings. The number of alkyl halides is 3. The lowest BCUT2D eigenvalue weighted by molar-refractivity contribution is -0.137. The minimum atomic E-state index is -4.39. The van der Waals surface area contributed by atoms with E-state index in [0.717, 1.165) is 16.5 Å². The average molecular weight is 297 g/mol. The summed E-state index contributed by atoms with van der Waals surface area (Å²) >= 11 is 0. The van der Waals surface area contributed by atoms with Crippen molar-refractivity contribution in [2.75, 3.05) is 13.1 Å². The second kappa shape index (κ2) is 6.53. The summed E-state index contributed by atoms with van der Waals surface area (Å²) in [7, 11) is 0. The Labute approximate surface area is 119 Å². The van der Waals surface area contributed by atoms with Gasteiger partial charge in [-0.15, -0.1) is 0 Å². The summed E-state index contributed by atoms with van der Waals surface area (Å²) in [5, 5.41) is 5.59. The molecule has 0 fully saturated rings. The first kappa shape index (κ1) is 15.2. The Morgan fingerprint density at radius 2 is 1.95 bits per heavy atom. The summed E-state index contributed by atoms with van der Waals surface area (Å²) in [5.41, 5.74) is 1.69. The molecule has 1 aromatic carbocycles. The van der Waals surface area contributed by atoms with Gasteiger partial charge < -0.3 is 10.6 Å². The number of hydrogen-bond donors (Lipinski definition) is 2. The highest BCUT2D eigenvalue weighted by atomic mass is 19.4. The maximum atomic E-state index is 11.9. The molecular formula is C14H14F3N3O. The van der Waals surface area contributed by atoms with Gasteiger partial charge in [-0.3, -0.25) is 9.78 Å². The Morgan fingerprint density at radius 1 is 1.19 bits per heavy atom. The largest absolute Gasteiger partial charge is 0.405 e. The number of benzene rings is 1. The lowest BCUT2D eigenvalue weighted by Crippen LogP contribution is -2.39. The van der Waals surface area contributed by atoms with Crippen LogP contribution < -0.4 is 10.6 Å². The number of hydrogen-bond acceptors (Lipinski definition) is 3. The fourth-order valence-corrected chi connectivity index (χ4v) is 1.88. The van der Waals surface area contributed by atoms with Gasteiger partial charge in [-0.25, -0.2) is 0 Å². The monoisotopic (exact) mass is 297 g/mol. The molecule has 112 valence electrons. The van der Waals surface area contributed by atoms with E-state index in [0.29, 0.717) is 6.54 Å². The first-order valence-corrected chi connectivity index (χ1v) is 6.32. The molecule has 0 radical (unpaired) electrons. The van der Waals surface area contributed by atoms with Crippen LogP contribution in [0.25, 0.3) is 10.9 Å². The summed E-state index contributed by atoms with van der Waals surface area (Å²) < 4.78 is 35.8. The topological polar surface area (TPSA) is 54.0 Å². The van der Waals surface area contributed by atoms with E-state index in [4.69, 9.17) is 0 Å². The van der Waals surface area contributed by atoms with Crippen LogP contribution in [0.3, 0.4) is 0 Å². The molecule has 0 saturated carbocycles. The van der Waals surface area contributed by atoms with E-state index >= 15 is 0 Å². The number of aromatic nitrogens is 1. The Bertz CT molecular complexity index is 623. The zero-order chi connectivity index (χ0) is 15.3. The van der Waals surface area contributed by atoms with Gasteiger partial charge >= 0.3 is 6.18 Å². The van der Waals surface area contributed by atoms with Gasteiger partial charge in [0.1, 0.15) is 6.54 Å². The van der Waals surface area contributed by atoms with Gasteiger partial charge in [-0.2, -0.15) is 13.2 Å². The van der Waals surface area contributed by atoms with Crippen molar-refractivity contribution in [3.05, 3.63) is 42.1 Å². The number of halogens is 3. The smallest absolute Gasteiger partial charge is 0.346 e. The highest BCUT2D eigenvalue weighted by molar-refractivity contribution is 5.81. The normalized spacial score (nSPS) is 11.6. The molecule has 2 rings (SSSR count). The van der Waals surface area contributed by atoms with Gasteiger partial charge in [0.25, 0.3) is 0 Å². The SMILES string of the molecule is O=C(CNCc1cccc2cccnc12)NCC(F)(F)F. The number of nitrogens with zero attached hydrogens (tertiary/aromatic N) is 1. The van der Waals surface area contributed by atoms with Crippen LogP contribution in [-0.2, 0) is 11.3 Å². The van der Waals surface area contributed by atoms with Gasteiger partial charge in [-0.1, -0.05) is 24.3 Å². The van der Waals surface area contributed by atoms with Crippen LogP contribution in [0.2, 0.25) is 0 Å². The molecule has 1 heterocycles. The first-order valence-electron chi connectivity index (χ1n) is 6.32. The molecule has 0 unspecified atom stereocenters. The maximum Gasteiger partial charge on any atom is 0.405 e. The molecule has 0 spiro atoms. The molecule has 1 amide bonds. The van der Waals surface area contributed by atoms with E-state index in [-0.39, 0.29) is 6.54 Å². The Balaban J connectivity index is 1.87. The lowest BCUT2D eigenvalue weighted by atomic mass is 10.1. The van der Waals surface area contributed by atoms with Crippen LogP contribution in [0.4, 0.5) is 13.2 Å². The van der Waals surface area contributed by atoms with E-state index in [2.05, 4.69) is 10.3 Å². The van der Waals surface area contributed by atoms with Gasteiger partial charge in [0, 0.05) is 18.1 Å². The van der Waals surface area contributed by atoms with Gasteiger partial charge in [0.05, 0.1) is 12.1 Å². The third-order valence-electron chi connectivity index (χ3n) is 2.80. The summed E-state index contributed by atoms with van der Waals surface area (Å²) in [6.07, 6.45) is -2.73. The van der Waals surface area contributed by atoms with E-state index in [1.807, 2.05) is 30.3 Å². The quantitative estimate of drug-likeness (QED) is 0.887. The van der Waals surface area contributed by atoms with Crippen LogP contribution in [0.1, 0.15) is 5.56 Å². The molecule has 21 heavy (non-hydrogen) atoms. The van der Waals surface area contributed by atoms with Gasteiger partial charge in [0.2, 0.25) is 5.91 Å². The third-order valence-corrected chi connectivity index (χ3v) is 2.80. The molecular weight excluding hydrogens is 283 g/mol. The summed E-state index contributed by atoms with van der Waals surface area (Å²) in [6.45, 7) is -1.14. The van der Waals surface area contributed by atoms with Crippen molar-refractivity contribution < 1.29 is 18.0 Å². The van der Waals surface area contributed by atoms with Crippen molar-refractivity contribution in [2.45, 2.75) is 12.7 Å². The highest BCUT2D eigenvalue weighted by Gasteiger charge is 2.27. The predicted molar refractivity (Wildman–Crippen MR) is 72.5 cm³/mol. The Hall–Kier alpha value is -2.15. The second-order valence-electron chi connectivity index (χ2n) is 4.49. The number of carbonyl (C=O) groups is 1. The fourth-order valence-electron chi connectivity index (χ4n) is 1.88. The van der Waals surface area contributed by atoms with Crippen LogP contribution >= 0.6 is 0 Å². The molecule has 0 aliphatic carbocycles. The molecule has 4 nitrogen and oxygen atoms in total. The number of fused-ring (bicyclic) bond motifs is 1. The van der Waals surface area contributed by atoms with Crippen LogP contribution in [0.15, 0.2) is 36.5 Å². The number of pyridine rings is 1. The first-order chi connectivity index (χ1) is 9.96. The number of para-hydroxylation sites is 1. The molecule has 0 aliphatic rings. The Morgan fingerprint density at radius 3 is 2.71 bits per heavy atom. The summed E-state index contributed by atoms with van der Waals surface area (Å²) in [6, 6.07) is 9.38. The number of rotatable bonds is 5. The standard InChI is InChI=1S/C14H14F3N3O/c15-14(16,17)9-20-12(21)8-18-7-11-4-1-3-10-5-2-6-19-13(10)11/h1-6,18H,7-9H2,(H,20,21). The van der Waals surface area contributed by atoms with Crippen molar-refractivity contribution >= 4 is 16.8 Å². The van der Waals surface area contributed by atoms with Crippen molar-refractivity contribution in [1.82, 2.24) is 15.6 Å². The van der Waals surface area contributed by atoms with Crippen LogP contribution in [0, 0.1) is 0 Å². The number of amides is 1. The molecule has 1 aromatic heterocycles. The maximum absolute atomic E-state index is 11.9. The number of nitrogens with one attached hydrogen (secondary N) is 2.